The maximum Gasteiger partial charge on any atom is 0.433 e. The number of rotatable bonds is 6. The highest BCUT2D eigenvalue weighted by molar-refractivity contribution is 5.88. The van der Waals surface area contributed by atoms with Gasteiger partial charge in [0, 0.05) is 37.8 Å². The van der Waals surface area contributed by atoms with E-state index in [1.165, 1.54) is 6.92 Å². The Hall–Kier alpha value is -2.23. The van der Waals surface area contributed by atoms with Crippen molar-refractivity contribution < 1.29 is 22.8 Å². The highest BCUT2D eigenvalue weighted by Crippen LogP contribution is 2.28. The molecule has 7 nitrogen and oxygen atoms in total. The van der Waals surface area contributed by atoms with Crippen LogP contribution in [-0.4, -0.2) is 58.4 Å². The molecular formula is C19H26F3N5O2. The van der Waals surface area contributed by atoms with Crippen LogP contribution < -0.4 is 10.6 Å². The summed E-state index contributed by atoms with van der Waals surface area (Å²) in [5, 5.41) is 5.49. The first-order chi connectivity index (χ1) is 13.7. The highest BCUT2D eigenvalue weighted by atomic mass is 19.4. The first-order valence-electron chi connectivity index (χ1n) is 9.96. The fourth-order valence-electron chi connectivity index (χ4n) is 4.06. The zero-order valence-electron chi connectivity index (χ0n) is 16.4. The van der Waals surface area contributed by atoms with E-state index < -0.39 is 17.9 Å². The molecule has 2 N–H and O–H groups in total. The molecule has 1 saturated carbocycles. The lowest BCUT2D eigenvalue weighted by Crippen LogP contribution is -2.59. The SMILES string of the molecule is Cc1cc(C(F)(F)F)nc(CCNC(=O)C[C@@H]2C(=O)NCCN2C2CCCC2)n1. The van der Waals surface area contributed by atoms with E-state index in [0.29, 0.717) is 12.6 Å². The fraction of sp³-hybridized carbons (Fsp3) is 0.684. The van der Waals surface area contributed by atoms with Gasteiger partial charge in [-0.15, -0.1) is 0 Å². The Kier molecular flexibility index (Phi) is 6.71. The van der Waals surface area contributed by atoms with Gasteiger partial charge in [0.15, 0.2) is 0 Å². The second kappa shape index (κ2) is 9.06. The molecule has 2 fully saturated rings. The van der Waals surface area contributed by atoms with Crippen molar-refractivity contribution in [2.45, 2.75) is 63.7 Å². The van der Waals surface area contributed by atoms with Gasteiger partial charge in [0.25, 0.3) is 0 Å². The van der Waals surface area contributed by atoms with Crippen molar-refractivity contribution in [2.75, 3.05) is 19.6 Å². The standard InChI is InChI=1S/C19H26F3N5O2/c1-12-10-15(19(20,21)22)26-16(25-12)6-7-23-17(28)11-14-18(29)24-8-9-27(14)13-4-2-3-5-13/h10,13-14H,2-9,11H2,1H3,(H,23,28)(H,24,29)/t14-/m1/s1. The monoisotopic (exact) mass is 413 g/mol. The maximum atomic E-state index is 12.9. The Labute approximate surface area is 167 Å². The number of hydrogen-bond donors (Lipinski definition) is 2. The van der Waals surface area contributed by atoms with Crippen LogP contribution in [0.2, 0.25) is 0 Å². The zero-order chi connectivity index (χ0) is 21.0. The van der Waals surface area contributed by atoms with Gasteiger partial charge in [0.2, 0.25) is 11.8 Å². The smallest absolute Gasteiger partial charge is 0.356 e. The lowest BCUT2D eigenvalue weighted by atomic mass is 10.0. The minimum absolute atomic E-state index is 0.0283. The van der Waals surface area contributed by atoms with Gasteiger partial charge in [-0.05, 0) is 25.8 Å². The molecule has 3 rings (SSSR count). The van der Waals surface area contributed by atoms with Crippen LogP contribution in [0.5, 0.6) is 0 Å². The lowest BCUT2D eigenvalue weighted by molar-refractivity contribution is -0.141. The van der Waals surface area contributed by atoms with Crippen molar-refractivity contribution in [3.05, 3.63) is 23.3 Å². The third-order valence-electron chi connectivity index (χ3n) is 5.41. The van der Waals surface area contributed by atoms with Crippen LogP contribution in [0.1, 0.15) is 49.3 Å². The van der Waals surface area contributed by atoms with Crippen LogP contribution in [0, 0.1) is 6.92 Å². The van der Waals surface area contributed by atoms with Crippen LogP contribution in [0.3, 0.4) is 0 Å². The molecule has 2 heterocycles. The molecular weight excluding hydrogens is 387 g/mol. The second-order valence-electron chi connectivity index (χ2n) is 7.60. The normalized spacial score (nSPS) is 21.2. The zero-order valence-corrected chi connectivity index (χ0v) is 16.4. The molecule has 0 bridgehead atoms. The van der Waals surface area contributed by atoms with Crippen molar-refractivity contribution in [3.63, 3.8) is 0 Å². The van der Waals surface area contributed by atoms with E-state index in [2.05, 4.69) is 25.5 Å². The number of alkyl halides is 3. The van der Waals surface area contributed by atoms with Crippen LogP contribution in [-0.2, 0) is 22.2 Å². The van der Waals surface area contributed by atoms with Crippen LogP contribution >= 0.6 is 0 Å². The number of carbonyl (C=O) groups excluding carboxylic acids is 2. The van der Waals surface area contributed by atoms with Gasteiger partial charge in [0.1, 0.15) is 11.5 Å². The number of piperazine rings is 1. The van der Waals surface area contributed by atoms with Gasteiger partial charge in [-0.25, -0.2) is 9.97 Å². The lowest BCUT2D eigenvalue weighted by Gasteiger charge is -2.38. The molecule has 2 aliphatic rings. The molecule has 29 heavy (non-hydrogen) atoms. The van der Waals surface area contributed by atoms with E-state index in [1.54, 1.807) is 0 Å². The van der Waals surface area contributed by atoms with Crippen LogP contribution in [0.15, 0.2) is 6.07 Å². The fourth-order valence-corrected chi connectivity index (χ4v) is 4.06. The Morgan fingerprint density at radius 1 is 1.31 bits per heavy atom. The van der Waals surface area contributed by atoms with Gasteiger partial charge in [-0.1, -0.05) is 12.8 Å². The summed E-state index contributed by atoms with van der Waals surface area (Å²) in [5.41, 5.74) is -0.767. The quantitative estimate of drug-likeness (QED) is 0.740. The molecule has 1 aromatic rings. The van der Waals surface area contributed by atoms with Crippen molar-refractivity contribution in [2.24, 2.45) is 0 Å². The Morgan fingerprint density at radius 3 is 2.72 bits per heavy atom. The van der Waals surface area contributed by atoms with E-state index in [0.717, 1.165) is 38.3 Å². The average Bonchev–Trinajstić information content (AvgIpc) is 3.17. The summed E-state index contributed by atoms with van der Waals surface area (Å²) >= 11 is 0. The summed E-state index contributed by atoms with van der Waals surface area (Å²) in [7, 11) is 0. The van der Waals surface area contributed by atoms with E-state index in [1.807, 2.05) is 0 Å². The molecule has 1 aliphatic heterocycles. The van der Waals surface area contributed by atoms with E-state index >= 15 is 0 Å². The van der Waals surface area contributed by atoms with Gasteiger partial charge in [-0.2, -0.15) is 13.2 Å². The Morgan fingerprint density at radius 2 is 2.03 bits per heavy atom. The van der Waals surface area contributed by atoms with Gasteiger partial charge < -0.3 is 10.6 Å². The number of nitrogens with one attached hydrogen (secondary N) is 2. The predicted octanol–water partition coefficient (Wildman–Crippen LogP) is 1.60. The number of nitrogens with zero attached hydrogens (tertiary/aromatic N) is 3. The highest BCUT2D eigenvalue weighted by Gasteiger charge is 2.37. The van der Waals surface area contributed by atoms with E-state index in [-0.39, 0.29) is 42.7 Å². The number of hydrogen-bond acceptors (Lipinski definition) is 5. The van der Waals surface area contributed by atoms with Gasteiger partial charge in [-0.3, -0.25) is 14.5 Å². The van der Waals surface area contributed by atoms with Gasteiger partial charge >= 0.3 is 6.18 Å². The molecule has 1 aliphatic carbocycles. The summed E-state index contributed by atoms with van der Waals surface area (Å²) in [6.45, 7) is 2.89. The molecule has 0 radical (unpaired) electrons. The third kappa shape index (κ3) is 5.65. The molecule has 0 unspecified atom stereocenters. The molecule has 0 aromatic carbocycles. The summed E-state index contributed by atoms with van der Waals surface area (Å²) in [6, 6.07) is 0.723. The number of aryl methyl sites for hydroxylation is 1. The van der Waals surface area contributed by atoms with E-state index in [9.17, 15) is 22.8 Å². The molecule has 1 atom stereocenters. The largest absolute Gasteiger partial charge is 0.433 e. The van der Waals surface area contributed by atoms with E-state index in [4.69, 9.17) is 0 Å². The first-order valence-corrected chi connectivity index (χ1v) is 9.96. The Bertz CT molecular complexity index is 750. The number of halogens is 3. The summed E-state index contributed by atoms with van der Waals surface area (Å²) in [6.07, 6.45) is -0.0697. The van der Waals surface area contributed by atoms with Crippen LogP contribution in [0.25, 0.3) is 0 Å². The van der Waals surface area contributed by atoms with Crippen molar-refractivity contribution >= 4 is 11.8 Å². The van der Waals surface area contributed by atoms with Crippen molar-refractivity contribution in [3.8, 4) is 0 Å². The molecule has 1 saturated heterocycles. The minimum atomic E-state index is -4.54. The number of amides is 2. The first kappa shape index (κ1) is 21.5. The molecule has 2 amide bonds. The summed E-state index contributed by atoms with van der Waals surface area (Å²) < 4.78 is 38.6. The Balaban J connectivity index is 1.54. The van der Waals surface area contributed by atoms with Crippen molar-refractivity contribution in [1.29, 1.82) is 0 Å². The van der Waals surface area contributed by atoms with Gasteiger partial charge in [0.05, 0.1) is 12.5 Å². The molecule has 1 aromatic heterocycles. The van der Waals surface area contributed by atoms with Crippen molar-refractivity contribution in [1.82, 2.24) is 25.5 Å². The topological polar surface area (TPSA) is 87.2 Å². The minimum Gasteiger partial charge on any atom is -0.356 e. The predicted molar refractivity (Wildman–Crippen MR) is 98.9 cm³/mol. The molecule has 0 spiro atoms. The molecule has 10 heteroatoms. The summed E-state index contributed by atoms with van der Waals surface area (Å²) in [5.74, 6) is -0.422. The van der Waals surface area contributed by atoms with Crippen LogP contribution in [0.4, 0.5) is 13.2 Å². The number of aromatic nitrogens is 2. The second-order valence-corrected chi connectivity index (χ2v) is 7.60. The maximum absolute atomic E-state index is 12.9. The summed E-state index contributed by atoms with van der Waals surface area (Å²) in [4.78, 5) is 34.3. The molecule has 160 valence electrons. The number of carbonyl (C=O) groups is 2. The third-order valence-corrected chi connectivity index (χ3v) is 5.41. The average molecular weight is 413 g/mol.